The fraction of sp³-hybridized carbons (Fsp3) is 0.600. The molecule has 2 aromatic heterocycles. The van der Waals surface area contributed by atoms with Gasteiger partial charge in [0, 0.05) is 50.1 Å². The fourth-order valence-electron chi connectivity index (χ4n) is 3.50. The summed E-state index contributed by atoms with van der Waals surface area (Å²) in [7, 11) is 1.80. The Hall–Kier alpha value is -1.90. The largest absolute Gasteiger partial charge is 0.379 e. The van der Waals surface area contributed by atoms with E-state index in [0.29, 0.717) is 12.6 Å². The van der Waals surface area contributed by atoms with Gasteiger partial charge in [0.2, 0.25) is 0 Å². The molecule has 0 spiro atoms. The summed E-state index contributed by atoms with van der Waals surface area (Å²) in [6.45, 7) is 9.14. The molecule has 0 radical (unpaired) electrons. The zero-order chi connectivity index (χ0) is 19.8. The van der Waals surface area contributed by atoms with Crippen LogP contribution < -0.4 is 10.6 Å². The van der Waals surface area contributed by atoms with Gasteiger partial charge in [0.1, 0.15) is 5.76 Å². The van der Waals surface area contributed by atoms with E-state index < -0.39 is 0 Å². The number of ether oxygens (including phenoxy) is 1. The molecule has 0 amide bonds. The number of nitrogens with one attached hydrogen (secondary N) is 2. The third-order valence-electron chi connectivity index (χ3n) is 5.08. The summed E-state index contributed by atoms with van der Waals surface area (Å²) in [5.41, 5.74) is 2.17. The highest BCUT2D eigenvalue weighted by molar-refractivity contribution is 7.10. The summed E-state index contributed by atoms with van der Waals surface area (Å²) in [4.78, 5) is 8.25. The summed E-state index contributed by atoms with van der Waals surface area (Å²) in [6.07, 6.45) is 1.71. The Morgan fingerprint density at radius 3 is 2.75 bits per heavy atom. The second kappa shape index (κ2) is 10.6. The first-order valence-electron chi connectivity index (χ1n) is 10.0. The van der Waals surface area contributed by atoms with Gasteiger partial charge in [-0.05, 0) is 17.9 Å². The highest BCUT2D eigenvalue weighted by Crippen LogP contribution is 2.25. The van der Waals surface area contributed by atoms with E-state index in [1.54, 1.807) is 18.4 Å². The maximum absolute atomic E-state index is 5.53. The van der Waals surface area contributed by atoms with Crippen molar-refractivity contribution in [2.75, 3.05) is 39.9 Å². The van der Waals surface area contributed by atoms with Gasteiger partial charge in [-0.25, -0.2) is 0 Å². The van der Waals surface area contributed by atoms with E-state index in [2.05, 4.69) is 57.0 Å². The molecule has 1 fully saturated rings. The van der Waals surface area contributed by atoms with Crippen molar-refractivity contribution < 1.29 is 9.26 Å². The lowest BCUT2D eigenvalue weighted by atomic mass is 10.1. The molecule has 1 atom stereocenters. The smallest absolute Gasteiger partial charge is 0.191 e. The van der Waals surface area contributed by atoms with Crippen LogP contribution in [0.3, 0.4) is 0 Å². The monoisotopic (exact) mass is 405 g/mol. The molecule has 0 saturated carbocycles. The molecule has 2 aromatic rings. The second-order valence-corrected chi connectivity index (χ2v) is 7.70. The number of thiophene rings is 1. The first kappa shape index (κ1) is 20.8. The van der Waals surface area contributed by atoms with Crippen molar-refractivity contribution in [3.8, 4) is 0 Å². The van der Waals surface area contributed by atoms with Crippen molar-refractivity contribution >= 4 is 17.3 Å². The lowest BCUT2D eigenvalue weighted by Crippen LogP contribution is -2.46. The van der Waals surface area contributed by atoms with Crippen molar-refractivity contribution in [1.29, 1.82) is 0 Å². The average molecular weight is 406 g/mol. The fourth-order valence-corrected chi connectivity index (χ4v) is 4.36. The maximum Gasteiger partial charge on any atom is 0.191 e. The Bertz CT molecular complexity index is 716. The van der Waals surface area contributed by atoms with Gasteiger partial charge in [-0.3, -0.25) is 9.89 Å². The van der Waals surface area contributed by atoms with E-state index in [0.717, 1.165) is 68.7 Å². The van der Waals surface area contributed by atoms with Crippen molar-refractivity contribution in [3.05, 3.63) is 39.4 Å². The minimum atomic E-state index is 0.315. The minimum Gasteiger partial charge on any atom is -0.379 e. The van der Waals surface area contributed by atoms with Crippen LogP contribution in [0.4, 0.5) is 0 Å². The molecule has 154 valence electrons. The van der Waals surface area contributed by atoms with Crippen molar-refractivity contribution in [1.82, 2.24) is 20.7 Å². The molecule has 8 heteroatoms. The van der Waals surface area contributed by atoms with Crippen LogP contribution in [0.1, 0.15) is 41.8 Å². The first-order chi connectivity index (χ1) is 13.8. The third-order valence-corrected chi connectivity index (χ3v) is 6.06. The molecule has 3 heterocycles. The van der Waals surface area contributed by atoms with Crippen LogP contribution in [-0.4, -0.2) is 55.9 Å². The van der Waals surface area contributed by atoms with Crippen LogP contribution in [0.2, 0.25) is 0 Å². The summed E-state index contributed by atoms with van der Waals surface area (Å²) < 4.78 is 11.0. The van der Waals surface area contributed by atoms with Gasteiger partial charge in [-0.1, -0.05) is 25.1 Å². The molecule has 1 unspecified atom stereocenters. The van der Waals surface area contributed by atoms with Gasteiger partial charge in [0.25, 0.3) is 0 Å². The quantitative estimate of drug-likeness (QED) is 0.519. The molecule has 2 N–H and O–H groups in total. The number of nitrogens with zero attached hydrogens (tertiary/aromatic N) is 3. The maximum atomic E-state index is 5.53. The molecular weight excluding hydrogens is 374 g/mol. The van der Waals surface area contributed by atoms with Crippen LogP contribution in [0, 0.1) is 0 Å². The van der Waals surface area contributed by atoms with Crippen molar-refractivity contribution in [2.45, 2.75) is 39.3 Å². The predicted octanol–water partition coefficient (Wildman–Crippen LogP) is 2.60. The van der Waals surface area contributed by atoms with Crippen molar-refractivity contribution in [3.63, 3.8) is 0 Å². The summed E-state index contributed by atoms with van der Waals surface area (Å²) >= 11 is 1.80. The number of aromatic nitrogens is 1. The minimum absolute atomic E-state index is 0.315. The zero-order valence-electron chi connectivity index (χ0n) is 17.0. The molecular formula is C20H31N5O2S. The number of guanidine groups is 1. The summed E-state index contributed by atoms with van der Waals surface area (Å²) in [5.74, 6) is 1.74. The first-order valence-corrected chi connectivity index (χ1v) is 10.9. The topological polar surface area (TPSA) is 74.9 Å². The van der Waals surface area contributed by atoms with Crippen LogP contribution >= 0.6 is 11.3 Å². The van der Waals surface area contributed by atoms with Gasteiger partial charge in [0.05, 0.1) is 24.9 Å². The van der Waals surface area contributed by atoms with E-state index >= 15 is 0 Å². The highest BCUT2D eigenvalue weighted by atomic mass is 32.1. The van der Waals surface area contributed by atoms with E-state index in [4.69, 9.17) is 9.26 Å². The van der Waals surface area contributed by atoms with Crippen LogP contribution in [0.5, 0.6) is 0 Å². The van der Waals surface area contributed by atoms with Crippen LogP contribution in [-0.2, 0) is 24.1 Å². The zero-order valence-corrected chi connectivity index (χ0v) is 17.8. The molecule has 1 aliphatic rings. The number of hydrogen-bond donors (Lipinski definition) is 2. The van der Waals surface area contributed by atoms with E-state index in [9.17, 15) is 0 Å². The molecule has 0 aliphatic carbocycles. The number of rotatable bonds is 8. The number of hydrogen-bond acceptors (Lipinski definition) is 6. The summed E-state index contributed by atoms with van der Waals surface area (Å²) in [5, 5.41) is 13.3. The second-order valence-electron chi connectivity index (χ2n) is 6.72. The molecule has 1 aliphatic heterocycles. The Labute approximate surface area is 171 Å². The standard InChI is InChI=1S/C20H31N5O2S/c1-4-16-15(18(5-2)27-24-16)13-22-20(21-3)23-14-17(19-7-6-12-28-19)25-8-10-26-11-9-25/h6-7,12,17H,4-5,8-11,13-14H2,1-3H3,(H2,21,22,23). The molecule has 0 aromatic carbocycles. The van der Waals surface area contributed by atoms with Gasteiger partial charge >= 0.3 is 0 Å². The number of morpholine rings is 1. The Morgan fingerprint density at radius 2 is 2.11 bits per heavy atom. The van der Waals surface area contributed by atoms with E-state index in [1.165, 1.54) is 4.88 Å². The normalized spacial score (nSPS) is 16.9. The lowest BCUT2D eigenvalue weighted by Gasteiger charge is -2.34. The van der Waals surface area contributed by atoms with E-state index in [-0.39, 0.29) is 0 Å². The SMILES string of the molecule is CCc1noc(CC)c1CNC(=NC)NCC(c1cccs1)N1CCOCC1. The van der Waals surface area contributed by atoms with Gasteiger partial charge in [0.15, 0.2) is 5.96 Å². The Morgan fingerprint density at radius 1 is 1.29 bits per heavy atom. The van der Waals surface area contributed by atoms with Gasteiger partial charge < -0.3 is 19.9 Å². The molecule has 7 nitrogen and oxygen atoms in total. The highest BCUT2D eigenvalue weighted by Gasteiger charge is 2.23. The summed E-state index contributed by atoms with van der Waals surface area (Å²) in [6, 6.07) is 4.64. The Kier molecular flexibility index (Phi) is 7.88. The average Bonchev–Trinajstić information content (AvgIpc) is 3.40. The van der Waals surface area contributed by atoms with Crippen molar-refractivity contribution in [2.24, 2.45) is 4.99 Å². The third kappa shape index (κ3) is 5.12. The molecule has 0 bridgehead atoms. The van der Waals surface area contributed by atoms with Crippen LogP contribution in [0.25, 0.3) is 0 Å². The molecule has 28 heavy (non-hydrogen) atoms. The van der Waals surface area contributed by atoms with Gasteiger partial charge in [-0.15, -0.1) is 11.3 Å². The Balaban J connectivity index is 1.61. The number of aryl methyl sites for hydroxylation is 2. The predicted molar refractivity (Wildman–Crippen MR) is 113 cm³/mol. The van der Waals surface area contributed by atoms with E-state index in [1.807, 2.05) is 0 Å². The van der Waals surface area contributed by atoms with Crippen LogP contribution in [0.15, 0.2) is 27.0 Å². The lowest BCUT2D eigenvalue weighted by molar-refractivity contribution is 0.0177. The molecule has 3 rings (SSSR count). The molecule has 1 saturated heterocycles. The number of aliphatic imine (C=N–C) groups is 1. The van der Waals surface area contributed by atoms with Gasteiger partial charge in [-0.2, -0.15) is 0 Å².